The Labute approximate surface area is 133 Å². The number of allylic oxidation sites excluding steroid dienone is 2. The van der Waals surface area contributed by atoms with Crippen molar-refractivity contribution in [3.05, 3.63) is 12.2 Å². The van der Waals surface area contributed by atoms with Gasteiger partial charge in [0, 0.05) is 18.9 Å². The minimum absolute atomic E-state index is 0.0545. The van der Waals surface area contributed by atoms with Crippen molar-refractivity contribution in [2.45, 2.75) is 52.7 Å². The summed E-state index contributed by atoms with van der Waals surface area (Å²) in [5, 5.41) is 13.1. The van der Waals surface area contributed by atoms with Crippen LogP contribution in [-0.2, 0) is 14.3 Å². The number of ketones is 1. The predicted molar refractivity (Wildman–Crippen MR) is 85.3 cm³/mol. The smallest absolute Gasteiger partial charge is 0.224 e. The van der Waals surface area contributed by atoms with Gasteiger partial charge < -0.3 is 15.2 Å². The van der Waals surface area contributed by atoms with Gasteiger partial charge in [-0.1, -0.05) is 32.9 Å². The van der Waals surface area contributed by atoms with Crippen molar-refractivity contribution in [1.82, 2.24) is 5.32 Å². The van der Waals surface area contributed by atoms with E-state index in [-0.39, 0.29) is 35.5 Å². The lowest BCUT2D eigenvalue weighted by atomic mass is 9.78. The first-order valence-electron chi connectivity index (χ1n) is 7.81. The van der Waals surface area contributed by atoms with E-state index in [0.717, 1.165) is 0 Å². The average molecular weight is 311 g/mol. The summed E-state index contributed by atoms with van der Waals surface area (Å²) in [4.78, 5) is 24.5. The quantitative estimate of drug-likeness (QED) is 0.732. The molecule has 2 N–H and O–H groups in total. The normalized spacial score (nSPS) is 24.6. The summed E-state index contributed by atoms with van der Waals surface area (Å²) >= 11 is 0. The number of hydrogen-bond acceptors (Lipinski definition) is 4. The molecule has 1 amide bonds. The third kappa shape index (κ3) is 4.92. The zero-order valence-electron chi connectivity index (χ0n) is 14.3. The Morgan fingerprint density at radius 2 is 1.91 bits per heavy atom. The maximum atomic E-state index is 12.6. The van der Waals surface area contributed by atoms with Gasteiger partial charge >= 0.3 is 0 Å². The van der Waals surface area contributed by atoms with Crippen molar-refractivity contribution in [3.63, 3.8) is 0 Å². The molecular weight excluding hydrogens is 282 g/mol. The maximum absolute atomic E-state index is 12.6. The van der Waals surface area contributed by atoms with Gasteiger partial charge in [-0.15, -0.1) is 0 Å². The molecule has 1 aliphatic rings. The Bertz CT molecular complexity index is 425. The Balaban J connectivity index is 2.84. The molecule has 0 heterocycles. The number of Topliss-reactive ketones (excluding diaryl/α,β-unsaturated/α-hetero) is 1. The van der Waals surface area contributed by atoms with Crippen LogP contribution in [0.1, 0.15) is 40.5 Å². The van der Waals surface area contributed by atoms with E-state index < -0.39 is 12.1 Å². The summed E-state index contributed by atoms with van der Waals surface area (Å²) in [6.45, 7) is 7.48. The molecule has 4 unspecified atom stereocenters. The minimum Gasteiger partial charge on any atom is -0.390 e. The van der Waals surface area contributed by atoms with E-state index in [2.05, 4.69) is 5.32 Å². The number of aliphatic hydroxyl groups excluding tert-OH is 1. The highest BCUT2D eigenvalue weighted by Crippen LogP contribution is 2.30. The van der Waals surface area contributed by atoms with Gasteiger partial charge in [0.05, 0.1) is 18.8 Å². The number of amides is 1. The van der Waals surface area contributed by atoms with Crippen molar-refractivity contribution >= 4 is 11.7 Å². The molecule has 1 aliphatic carbocycles. The number of rotatable bonds is 6. The highest BCUT2D eigenvalue weighted by atomic mass is 16.5. The molecule has 4 atom stereocenters. The summed E-state index contributed by atoms with van der Waals surface area (Å²) in [7, 11) is 1.53. The summed E-state index contributed by atoms with van der Waals surface area (Å²) in [6.07, 6.45) is 4.48. The van der Waals surface area contributed by atoms with Crippen LogP contribution in [0.5, 0.6) is 0 Å². The number of carbonyl (C=O) groups excluding carboxylic acids is 2. The van der Waals surface area contributed by atoms with Crippen LogP contribution >= 0.6 is 0 Å². The first-order valence-corrected chi connectivity index (χ1v) is 7.81. The molecular formula is C17H29NO4. The Hall–Kier alpha value is -1.20. The van der Waals surface area contributed by atoms with E-state index >= 15 is 0 Å². The first-order chi connectivity index (χ1) is 10.2. The zero-order valence-corrected chi connectivity index (χ0v) is 14.3. The van der Waals surface area contributed by atoms with E-state index in [1.54, 1.807) is 0 Å². The van der Waals surface area contributed by atoms with Crippen molar-refractivity contribution in [1.29, 1.82) is 0 Å². The molecule has 22 heavy (non-hydrogen) atoms. The lowest BCUT2D eigenvalue weighted by Crippen LogP contribution is -2.52. The van der Waals surface area contributed by atoms with E-state index in [4.69, 9.17) is 4.74 Å². The summed E-state index contributed by atoms with van der Waals surface area (Å²) < 4.78 is 5.00. The van der Waals surface area contributed by atoms with Crippen LogP contribution in [0.25, 0.3) is 0 Å². The first kappa shape index (κ1) is 18.8. The summed E-state index contributed by atoms with van der Waals surface area (Å²) in [6, 6.07) is -0.522. The molecule has 126 valence electrons. The summed E-state index contributed by atoms with van der Waals surface area (Å²) in [5.41, 5.74) is -0.341. The van der Waals surface area contributed by atoms with Gasteiger partial charge in [0.1, 0.15) is 0 Å². The second-order valence-electron chi connectivity index (χ2n) is 7.15. The van der Waals surface area contributed by atoms with Crippen molar-refractivity contribution in [3.8, 4) is 0 Å². The molecule has 0 aromatic heterocycles. The third-order valence-electron chi connectivity index (χ3n) is 4.21. The van der Waals surface area contributed by atoms with Crippen LogP contribution in [0, 0.1) is 17.3 Å². The number of methoxy groups -OCH3 is 1. The number of hydrogen-bond donors (Lipinski definition) is 2. The number of aliphatic hydroxyl groups is 1. The van der Waals surface area contributed by atoms with E-state index in [9.17, 15) is 14.7 Å². The van der Waals surface area contributed by atoms with Gasteiger partial charge in [0.25, 0.3) is 0 Å². The Morgan fingerprint density at radius 3 is 2.41 bits per heavy atom. The van der Waals surface area contributed by atoms with Gasteiger partial charge in [-0.2, -0.15) is 0 Å². The van der Waals surface area contributed by atoms with Gasteiger partial charge in [-0.3, -0.25) is 9.59 Å². The van der Waals surface area contributed by atoms with Crippen LogP contribution < -0.4 is 5.32 Å². The van der Waals surface area contributed by atoms with Crippen molar-refractivity contribution < 1.29 is 19.4 Å². The zero-order chi connectivity index (χ0) is 16.9. The second kappa shape index (κ2) is 7.88. The van der Waals surface area contributed by atoms with Crippen LogP contribution in [0.2, 0.25) is 0 Å². The summed E-state index contributed by atoms with van der Waals surface area (Å²) in [5.74, 6) is -0.738. The molecule has 0 bridgehead atoms. The van der Waals surface area contributed by atoms with E-state index in [1.165, 1.54) is 14.0 Å². The van der Waals surface area contributed by atoms with Crippen LogP contribution in [0.4, 0.5) is 0 Å². The average Bonchev–Trinajstić information content (AvgIpc) is 2.43. The molecule has 5 heteroatoms. The maximum Gasteiger partial charge on any atom is 0.224 e. The van der Waals surface area contributed by atoms with E-state index in [1.807, 2.05) is 32.9 Å². The fourth-order valence-electron chi connectivity index (χ4n) is 3.03. The SMILES string of the molecule is COCC(O)C1CC=CCC1C(=O)NC(C(C)=O)C(C)(C)C. The topological polar surface area (TPSA) is 75.6 Å². The number of nitrogens with one attached hydrogen (secondary N) is 1. The molecule has 0 saturated heterocycles. The molecule has 0 fully saturated rings. The van der Waals surface area contributed by atoms with Crippen LogP contribution in [0.3, 0.4) is 0 Å². The Kier molecular flexibility index (Phi) is 6.75. The second-order valence-corrected chi connectivity index (χ2v) is 7.15. The lowest BCUT2D eigenvalue weighted by molar-refractivity contribution is -0.134. The fraction of sp³-hybridized carbons (Fsp3) is 0.765. The largest absolute Gasteiger partial charge is 0.390 e. The molecule has 0 aliphatic heterocycles. The lowest BCUT2D eigenvalue weighted by Gasteiger charge is -2.35. The highest BCUT2D eigenvalue weighted by molar-refractivity contribution is 5.89. The Morgan fingerprint density at radius 1 is 1.32 bits per heavy atom. The standard InChI is InChI=1S/C17H29NO4/c1-11(19)15(17(2,3)4)18-16(21)13-9-7-6-8-12(13)14(20)10-22-5/h6-7,12-15,20H,8-10H2,1-5H3,(H,18,21). The van der Waals surface area contributed by atoms with Gasteiger partial charge in [0.15, 0.2) is 5.78 Å². The fourth-order valence-corrected chi connectivity index (χ4v) is 3.03. The van der Waals surface area contributed by atoms with Crippen molar-refractivity contribution in [2.24, 2.45) is 17.3 Å². The van der Waals surface area contributed by atoms with Gasteiger partial charge in [-0.25, -0.2) is 0 Å². The molecule has 0 radical (unpaired) electrons. The molecule has 0 aromatic carbocycles. The molecule has 5 nitrogen and oxygen atoms in total. The van der Waals surface area contributed by atoms with Crippen LogP contribution in [0.15, 0.2) is 12.2 Å². The van der Waals surface area contributed by atoms with Gasteiger partial charge in [-0.05, 0) is 25.2 Å². The minimum atomic E-state index is -0.684. The van der Waals surface area contributed by atoms with Gasteiger partial charge in [0.2, 0.25) is 5.91 Å². The van der Waals surface area contributed by atoms with Crippen LogP contribution in [-0.4, -0.2) is 42.7 Å². The molecule has 0 saturated carbocycles. The van der Waals surface area contributed by atoms with Crippen molar-refractivity contribution in [2.75, 3.05) is 13.7 Å². The predicted octanol–water partition coefficient (Wildman–Crippen LogP) is 1.70. The molecule has 1 rings (SSSR count). The molecule has 0 aromatic rings. The number of carbonyl (C=O) groups is 2. The monoisotopic (exact) mass is 311 g/mol. The van der Waals surface area contributed by atoms with E-state index in [0.29, 0.717) is 12.8 Å². The third-order valence-corrected chi connectivity index (χ3v) is 4.21. The number of ether oxygens (including phenoxy) is 1. The molecule has 0 spiro atoms. The highest BCUT2D eigenvalue weighted by Gasteiger charge is 2.37.